The van der Waals surface area contributed by atoms with Gasteiger partial charge in [-0.2, -0.15) is 0 Å². The Balaban J connectivity index is 1.24. The van der Waals surface area contributed by atoms with Crippen molar-refractivity contribution in [3.05, 3.63) is 47.0 Å². The second-order valence-electron chi connectivity index (χ2n) is 9.94. The molecule has 4 heterocycles. The molecule has 2 aliphatic rings. The van der Waals surface area contributed by atoms with Gasteiger partial charge >= 0.3 is 6.09 Å². The van der Waals surface area contributed by atoms with Crippen LogP contribution in [0.3, 0.4) is 0 Å². The molecule has 0 spiro atoms. The summed E-state index contributed by atoms with van der Waals surface area (Å²) in [7, 11) is 0. The third kappa shape index (κ3) is 4.81. The highest BCUT2D eigenvalue weighted by molar-refractivity contribution is 7.11. The summed E-state index contributed by atoms with van der Waals surface area (Å²) in [5.74, 6) is 0.0672. The van der Waals surface area contributed by atoms with E-state index >= 15 is 0 Å². The fourth-order valence-corrected chi connectivity index (χ4v) is 5.31. The van der Waals surface area contributed by atoms with Gasteiger partial charge in [-0.25, -0.2) is 9.78 Å². The monoisotopic (exact) mass is 495 g/mol. The number of carbonyl (C=O) groups excluding carboxylic acids is 3. The molecule has 0 aliphatic carbocycles. The fourth-order valence-electron chi connectivity index (χ4n) is 4.71. The zero-order valence-corrected chi connectivity index (χ0v) is 21.0. The van der Waals surface area contributed by atoms with E-state index in [2.05, 4.69) is 9.88 Å². The summed E-state index contributed by atoms with van der Waals surface area (Å²) in [5, 5.41) is 3.21. The van der Waals surface area contributed by atoms with Crippen LogP contribution in [0.1, 0.15) is 37.0 Å². The van der Waals surface area contributed by atoms with Crippen LogP contribution in [-0.4, -0.2) is 81.6 Å². The van der Waals surface area contributed by atoms with E-state index in [1.54, 1.807) is 12.4 Å². The molecule has 2 aliphatic heterocycles. The van der Waals surface area contributed by atoms with Crippen LogP contribution in [-0.2, 0) is 9.53 Å². The van der Waals surface area contributed by atoms with Gasteiger partial charge in [0, 0.05) is 74.0 Å². The summed E-state index contributed by atoms with van der Waals surface area (Å²) in [6.45, 7) is 8.85. The highest BCUT2D eigenvalue weighted by atomic mass is 32.1. The molecule has 2 fully saturated rings. The molecule has 2 amide bonds. The minimum atomic E-state index is -0.579. The summed E-state index contributed by atoms with van der Waals surface area (Å²) in [6, 6.07) is 7.66. The Bertz CT molecular complexity index is 1250. The molecule has 0 radical (unpaired) electrons. The van der Waals surface area contributed by atoms with Gasteiger partial charge in [-0.1, -0.05) is 0 Å². The number of fused-ring (bicyclic) bond motifs is 1. The highest BCUT2D eigenvalue weighted by Gasteiger charge is 2.36. The molecule has 10 heteroatoms. The number of hydrogen-bond donors (Lipinski definition) is 0. The Morgan fingerprint density at radius 3 is 2.57 bits per heavy atom. The van der Waals surface area contributed by atoms with E-state index < -0.39 is 11.7 Å². The summed E-state index contributed by atoms with van der Waals surface area (Å²) < 4.78 is 6.98. The number of thiazole rings is 1. The topological polar surface area (TPSA) is 88.0 Å². The van der Waals surface area contributed by atoms with Crippen molar-refractivity contribution in [2.24, 2.45) is 0 Å². The lowest BCUT2D eigenvalue weighted by Crippen LogP contribution is -2.52. The van der Waals surface area contributed by atoms with E-state index in [9.17, 15) is 14.4 Å². The normalized spacial score (nSPS) is 19.5. The summed E-state index contributed by atoms with van der Waals surface area (Å²) >= 11 is 1.36. The Labute approximate surface area is 207 Å². The molecule has 9 nitrogen and oxygen atoms in total. The van der Waals surface area contributed by atoms with E-state index in [1.165, 1.54) is 15.9 Å². The van der Waals surface area contributed by atoms with Gasteiger partial charge in [-0.3, -0.25) is 19.1 Å². The van der Waals surface area contributed by atoms with Crippen LogP contribution >= 0.6 is 11.3 Å². The smallest absolute Gasteiger partial charge is 0.418 e. The number of ether oxygens (including phenoxy) is 1. The number of nitrogens with zero attached hydrogens (tertiary/aromatic N) is 5. The first-order valence-electron chi connectivity index (χ1n) is 11.8. The lowest BCUT2D eigenvalue weighted by atomic mass is 10.2. The van der Waals surface area contributed by atoms with Crippen molar-refractivity contribution in [1.82, 2.24) is 19.4 Å². The number of carbonyl (C=O) groups is 3. The van der Waals surface area contributed by atoms with Crippen LogP contribution in [0.25, 0.3) is 10.9 Å². The van der Waals surface area contributed by atoms with Gasteiger partial charge in [0.25, 0.3) is 5.91 Å². The molecule has 1 unspecified atom stereocenters. The van der Waals surface area contributed by atoms with E-state index in [0.717, 1.165) is 29.7 Å². The molecule has 1 atom stereocenters. The van der Waals surface area contributed by atoms with Gasteiger partial charge in [0.1, 0.15) is 5.60 Å². The quantitative estimate of drug-likeness (QED) is 0.553. The summed E-state index contributed by atoms with van der Waals surface area (Å²) in [5.41, 5.74) is 0.987. The number of anilines is 1. The molecule has 0 bridgehead atoms. The zero-order chi connectivity index (χ0) is 24.7. The second-order valence-corrected chi connectivity index (χ2v) is 10.8. The van der Waals surface area contributed by atoms with Gasteiger partial charge in [-0.15, -0.1) is 11.3 Å². The lowest BCUT2D eigenvalue weighted by molar-refractivity contribution is -0.117. The Morgan fingerprint density at radius 2 is 1.89 bits per heavy atom. The van der Waals surface area contributed by atoms with Crippen molar-refractivity contribution in [2.45, 2.75) is 38.8 Å². The van der Waals surface area contributed by atoms with Crippen molar-refractivity contribution < 1.29 is 19.1 Å². The average molecular weight is 496 g/mol. The lowest BCUT2D eigenvalue weighted by Gasteiger charge is -2.37. The highest BCUT2D eigenvalue weighted by Crippen LogP contribution is 2.29. The van der Waals surface area contributed by atoms with Crippen LogP contribution in [0.5, 0.6) is 0 Å². The Kier molecular flexibility index (Phi) is 6.10. The molecule has 0 saturated carbocycles. The van der Waals surface area contributed by atoms with Crippen molar-refractivity contribution in [3.8, 4) is 0 Å². The second kappa shape index (κ2) is 9.09. The van der Waals surface area contributed by atoms with Crippen LogP contribution in [0, 0.1) is 0 Å². The molecule has 184 valence electrons. The molecular formula is C25H29N5O4S. The predicted octanol–water partition coefficient (Wildman–Crippen LogP) is 3.44. The Morgan fingerprint density at radius 1 is 1.11 bits per heavy atom. The van der Waals surface area contributed by atoms with Crippen molar-refractivity contribution >= 4 is 45.8 Å². The molecule has 5 rings (SSSR count). The van der Waals surface area contributed by atoms with E-state index in [1.807, 2.05) is 60.2 Å². The molecule has 3 aromatic rings. The van der Waals surface area contributed by atoms with Crippen LogP contribution < -0.4 is 4.90 Å². The first-order chi connectivity index (χ1) is 16.7. The number of amides is 2. The van der Waals surface area contributed by atoms with Crippen molar-refractivity contribution in [2.75, 3.05) is 37.6 Å². The van der Waals surface area contributed by atoms with Crippen LogP contribution in [0.2, 0.25) is 0 Å². The number of hydrogen-bond acceptors (Lipinski definition) is 7. The van der Waals surface area contributed by atoms with Gasteiger partial charge in [0.2, 0.25) is 5.91 Å². The molecular weight excluding hydrogens is 466 g/mol. The zero-order valence-electron chi connectivity index (χ0n) is 20.1. The third-order valence-corrected chi connectivity index (χ3v) is 7.17. The molecule has 0 N–H and O–H groups in total. The molecule has 2 aromatic heterocycles. The first-order valence-corrected chi connectivity index (χ1v) is 12.7. The largest absolute Gasteiger partial charge is 0.443 e. The van der Waals surface area contributed by atoms with Crippen LogP contribution in [0.15, 0.2) is 42.0 Å². The Hall–Kier alpha value is -3.24. The van der Waals surface area contributed by atoms with Gasteiger partial charge < -0.3 is 14.5 Å². The maximum atomic E-state index is 12.9. The minimum Gasteiger partial charge on any atom is -0.443 e. The van der Waals surface area contributed by atoms with Crippen molar-refractivity contribution in [1.29, 1.82) is 0 Å². The van der Waals surface area contributed by atoms with Gasteiger partial charge in [0.15, 0.2) is 5.01 Å². The van der Waals surface area contributed by atoms with Gasteiger partial charge in [0.05, 0.1) is 5.52 Å². The summed E-state index contributed by atoms with van der Waals surface area (Å²) in [4.78, 5) is 48.1. The van der Waals surface area contributed by atoms with Crippen molar-refractivity contribution in [3.63, 3.8) is 0 Å². The fraction of sp³-hybridized carbons (Fsp3) is 0.440. The molecule has 35 heavy (non-hydrogen) atoms. The number of aromatic nitrogens is 2. The molecule has 1 aromatic carbocycles. The standard InChI is InChI=1S/C25H29N5O4S/c1-25(2,3)34-24(33)29-8-6-17-14-18(4-5-20(17)29)30-16-19(15-21(30)31)27-9-11-28(12-10-27)23(32)22-26-7-13-35-22/h4-8,13-14,19H,9-12,15-16H2,1-3H3. The maximum absolute atomic E-state index is 12.9. The maximum Gasteiger partial charge on any atom is 0.418 e. The number of rotatable bonds is 3. The van der Waals surface area contributed by atoms with Crippen LogP contribution in [0.4, 0.5) is 10.5 Å². The number of benzene rings is 1. The average Bonchev–Trinajstić information content (AvgIpc) is 3.57. The van der Waals surface area contributed by atoms with E-state index in [0.29, 0.717) is 31.1 Å². The summed E-state index contributed by atoms with van der Waals surface area (Å²) in [6.07, 6.45) is 3.38. The van der Waals surface area contributed by atoms with E-state index in [-0.39, 0.29) is 17.9 Å². The molecule has 2 saturated heterocycles. The minimum absolute atomic E-state index is 0.0182. The van der Waals surface area contributed by atoms with Gasteiger partial charge in [-0.05, 0) is 45.0 Å². The third-order valence-electron chi connectivity index (χ3n) is 6.41. The van der Waals surface area contributed by atoms with E-state index in [4.69, 9.17) is 4.74 Å². The number of piperazine rings is 1. The SMILES string of the molecule is CC(C)(C)OC(=O)n1ccc2cc(N3CC(N4CCN(C(=O)c5nccs5)CC4)CC3=O)ccc21. The predicted molar refractivity (Wildman–Crippen MR) is 134 cm³/mol. The first kappa shape index (κ1) is 23.5.